The van der Waals surface area contributed by atoms with Gasteiger partial charge in [0, 0.05) is 15.0 Å². The van der Waals surface area contributed by atoms with Crippen molar-refractivity contribution < 1.29 is 4.79 Å². The lowest BCUT2D eigenvalue weighted by Gasteiger charge is -2.39. The second-order valence-electron chi connectivity index (χ2n) is 7.26. The van der Waals surface area contributed by atoms with E-state index in [1.807, 2.05) is 18.2 Å². The Morgan fingerprint density at radius 3 is 2.52 bits per heavy atom. The summed E-state index contributed by atoms with van der Waals surface area (Å²) in [5.74, 6) is 0.769. The second-order valence-corrected chi connectivity index (χ2v) is 9.03. The van der Waals surface area contributed by atoms with Crippen LogP contribution in [0.1, 0.15) is 50.4 Å². The molecule has 2 fully saturated rings. The van der Waals surface area contributed by atoms with E-state index in [2.05, 4.69) is 57.9 Å². The highest BCUT2D eigenvalue weighted by Crippen LogP contribution is 2.65. The van der Waals surface area contributed by atoms with Gasteiger partial charge in [-0.2, -0.15) is 0 Å². The average Bonchev–Trinajstić information content (AvgIpc) is 2.71. The molecule has 0 spiro atoms. The van der Waals surface area contributed by atoms with E-state index in [-0.39, 0.29) is 17.4 Å². The number of hydrogen-bond acceptors (Lipinski definition) is 1. The number of amides is 1. The second kappa shape index (κ2) is 5.09. The molecule has 2 saturated carbocycles. The summed E-state index contributed by atoms with van der Waals surface area (Å²) >= 11 is 6.90. The first-order chi connectivity index (χ1) is 9.75. The number of hydrogen-bond donors (Lipinski definition) is 1. The molecule has 0 aliphatic heterocycles. The smallest absolute Gasteiger partial charge is 0.252 e. The third kappa shape index (κ3) is 2.29. The number of nitrogens with one attached hydrogen (secondary N) is 1. The molecular weight excluding hydrogens is 394 g/mol. The number of fused-ring (bicyclic) bond motifs is 2. The summed E-state index contributed by atoms with van der Waals surface area (Å²) in [4.78, 5) is 12.6. The molecule has 3 unspecified atom stereocenters. The molecule has 0 radical (unpaired) electrons. The summed E-state index contributed by atoms with van der Waals surface area (Å²) in [6, 6.07) is 5.98. The summed E-state index contributed by atoms with van der Waals surface area (Å²) in [5, 5.41) is 3.30. The molecule has 0 saturated heterocycles. The molecule has 114 valence electrons. The zero-order chi connectivity index (χ0) is 15.4. The standard InChI is InChI=1S/C17H21Br2NO/c1-16(2)10-6-7-17(16,3)14(8-10)20-15(21)12-5-4-11(18)9-13(12)19/h4-5,9-10,14H,6-8H2,1-3H3,(H,20,21). The zero-order valence-electron chi connectivity index (χ0n) is 12.7. The van der Waals surface area contributed by atoms with Crippen molar-refractivity contribution in [2.24, 2.45) is 16.7 Å². The van der Waals surface area contributed by atoms with Crippen molar-refractivity contribution in [3.05, 3.63) is 32.7 Å². The Morgan fingerprint density at radius 1 is 1.29 bits per heavy atom. The van der Waals surface area contributed by atoms with Crippen LogP contribution >= 0.6 is 31.9 Å². The van der Waals surface area contributed by atoms with Crippen molar-refractivity contribution in [3.8, 4) is 0 Å². The van der Waals surface area contributed by atoms with Crippen LogP contribution in [-0.2, 0) is 0 Å². The van der Waals surface area contributed by atoms with Crippen LogP contribution in [0.15, 0.2) is 27.1 Å². The van der Waals surface area contributed by atoms with Crippen molar-refractivity contribution >= 4 is 37.8 Å². The summed E-state index contributed by atoms with van der Waals surface area (Å²) < 4.78 is 1.81. The van der Waals surface area contributed by atoms with E-state index in [1.165, 1.54) is 12.8 Å². The van der Waals surface area contributed by atoms with Gasteiger partial charge in [-0.05, 0) is 70.1 Å². The number of halogens is 2. The first-order valence-electron chi connectivity index (χ1n) is 7.51. The number of carbonyl (C=O) groups is 1. The maximum atomic E-state index is 12.6. The normalized spacial score (nSPS) is 33.2. The highest BCUT2D eigenvalue weighted by molar-refractivity contribution is 9.11. The van der Waals surface area contributed by atoms with Crippen LogP contribution in [0.5, 0.6) is 0 Å². The van der Waals surface area contributed by atoms with Gasteiger partial charge in [0.25, 0.3) is 5.91 Å². The monoisotopic (exact) mass is 413 g/mol. The molecule has 2 aliphatic carbocycles. The molecule has 1 N–H and O–H groups in total. The largest absolute Gasteiger partial charge is 0.349 e. The van der Waals surface area contributed by atoms with Crippen LogP contribution in [0.3, 0.4) is 0 Å². The van der Waals surface area contributed by atoms with Gasteiger partial charge in [0.2, 0.25) is 0 Å². The van der Waals surface area contributed by atoms with E-state index in [4.69, 9.17) is 0 Å². The van der Waals surface area contributed by atoms with Gasteiger partial charge in [-0.3, -0.25) is 4.79 Å². The molecule has 21 heavy (non-hydrogen) atoms. The van der Waals surface area contributed by atoms with Crippen LogP contribution < -0.4 is 5.32 Å². The van der Waals surface area contributed by atoms with Crippen LogP contribution in [0, 0.1) is 16.7 Å². The highest BCUT2D eigenvalue weighted by Gasteiger charge is 2.61. The molecule has 2 nitrogen and oxygen atoms in total. The van der Waals surface area contributed by atoms with Crippen LogP contribution in [0.25, 0.3) is 0 Å². The van der Waals surface area contributed by atoms with E-state index in [9.17, 15) is 4.79 Å². The topological polar surface area (TPSA) is 29.1 Å². The summed E-state index contributed by atoms with van der Waals surface area (Å²) in [6.07, 6.45) is 3.64. The van der Waals surface area contributed by atoms with E-state index in [0.29, 0.717) is 11.0 Å². The van der Waals surface area contributed by atoms with Crippen molar-refractivity contribution in [1.29, 1.82) is 0 Å². The molecule has 4 heteroatoms. The molecule has 1 amide bonds. The fraction of sp³-hybridized carbons (Fsp3) is 0.588. The van der Waals surface area contributed by atoms with Crippen molar-refractivity contribution in [1.82, 2.24) is 5.32 Å². The van der Waals surface area contributed by atoms with Gasteiger partial charge in [-0.15, -0.1) is 0 Å². The molecule has 1 aromatic carbocycles. The molecular formula is C17H21Br2NO. The summed E-state index contributed by atoms with van der Waals surface area (Å²) in [6.45, 7) is 7.08. The Labute approximate surface area is 143 Å². The Morgan fingerprint density at radius 2 is 2.00 bits per heavy atom. The fourth-order valence-electron chi connectivity index (χ4n) is 4.33. The van der Waals surface area contributed by atoms with Gasteiger partial charge in [0.15, 0.2) is 0 Å². The van der Waals surface area contributed by atoms with Crippen molar-refractivity contribution in [2.45, 2.75) is 46.1 Å². The first kappa shape index (κ1) is 15.5. The Bertz CT molecular complexity index is 598. The van der Waals surface area contributed by atoms with Gasteiger partial charge >= 0.3 is 0 Å². The SMILES string of the molecule is CC1(C)C2CCC1(C)C(NC(=O)c1ccc(Br)cc1Br)C2. The third-order valence-corrected chi connectivity index (χ3v) is 7.42. The molecule has 0 heterocycles. The van der Waals surface area contributed by atoms with Gasteiger partial charge in [0.1, 0.15) is 0 Å². The predicted molar refractivity (Wildman–Crippen MR) is 92.3 cm³/mol. The summed E-state index contributed by atoms with van der Waals surface area (Å²) in [5.41, 5.74) is 1.25. The highest BCUT2D eigenvalue weighted by atomic mass is 79.9. The van der Waals surface area contributed by atoms with Crippen molar-refractivity contribution in [3.63, 3.8) is 0 Å². The number of rotatable bonds is 2. The van der Waals surface area contributed by atoms with E-state index in [0.717, 1.165) is 21.3 Å². The van der Waals surface area contributed by atoms with E-state index in [1.54, 1.807) is 0 Å². The van der Waals surface area contributed by atoms with E-state index < -0.39 is 0 Å². The number of carbonyl (C=O) groups excluding carboxylic acids is 1. The molecule has 3 atom stereocenters. The number of benzene rings is 1. The lowest BCUT2D eigenvalue weighted by molar-refractivity contribution is 0.0825. The lowest BCUT2D eigenvalue weighted by atomic mass is 9.69. The van der Waals surface area contributed by atoms with Gasteiger partial charge in [-0.1, -0.05) is 36.7 Å². The first-order valence-corrected chi connectivity index (χ1v) is 9.10. The Balaban J connectivity index is 1.80. The molecule has 1 aromatic rings. The molecule has 0 aromatic heterocycles. The maximum absolute atomic E-state index is 12.6. The molecule has 2 aliphatic rings. The minimum atomic E-state index is 0.0314. The fourth-order valence-corrected chi connectivity index (χ4v) is 5.56. The minimum Gasteiger partial charge on any atom is -0.349 e. The quantitative estimate of drug-likeness (QED) is 0.711. The molecule has 2 bridgehead atoms. The van der Waals surface area contributed by atoms with Crippen LogP contribution in [0.2, 0.25) is 0 Å². The average molecular weight is 415 g/mol. The Kier molecular flexibility index (Phi) is 3.77. The summed E-state index contributed by atoms with van der Waals surface area (Å²) in [7, 11) is 0. The lowest BCUT2D eigenvalue weighted by Crippen LogP contribution is -2.46. The predicted octanol–water partition coefficient (Wildman–Crippen LogP) is 5.16. The van der Waals surface area contributed by atoms with Crippen LogP contribution in [0.4, 0.5) is 0 Å². The Hall–Kier alpha value is -0.350. The van der Waals surface area contributed by atoms with E-state index >= 15 is 0 Å². The molecule has 3 rings (SSSR count). The third-order valence-electron chi connectivity index (χ3n) is 6.28. The maximum Gasteiger partial charge on any atom is 0.252 e. The minimum absolute atomic E-state index is 0.0314. The van der Waals surface area contributed by atoms with Gasteiger partial charge in [-0.25, -0.2) is 0 Å². The van der Waals surface area contributed by atoms with Gasteiger partial charge in [0.05, 0.1) is 5.56 Å². The zero-order valence-corrected chi connectivity index (χ0v) is 15.8. The van der Waals surface area contributed by atoms with Gasteiger partial charge < -0.3 is 5.32 Å². The van der Waals surface area contributed by atoms with Crippen molar-refractivity contribution in [2.75, 3.05) is 0 Å². The van der Waals surface area contributed by atoms with Crippen LogP contribution in [-0.4, -0.2) is 11.9 Å².